The number of nitrogens with one attached hydrogen (secondary N) is 1. The van der Waals surface area contributed by atoms with Crippen molar-refractivity contribution >= 4 is 10.0 Å². The van der Waals surface area contributed by atoms with Gasteiger partial charge in [0.15, 0.2) is 11.6 Å². The zero-order chi connectivity index (χ0) is 13.8. The molecule has 1 unspecified atom stereocenters. The molecule has 0 bridgehead atoms. The monoisotopic (exact) mass is 279 g/mol. The summed E-state index contributed by atoms with van der Waals surface area (Å²) in [5.74, 6) is -2.61. The second kappa shape index (κ2) is 6.21. The van der Waals surface area contributed by atoms with Crippen LogP contribution in [0.3, 0.4) is 0 Å². The zero-order valence-corrected chi connectivity index (χ0v) is 10.7. The number of benzene rings is 1. The van der Waals surface area contributed by atoms with Crippen LogP contribution in [-0.4, -0.2) is 26.2 Å². The molecule has 1 aromatic rings. The van der Waals surface area contributed by atoms with E-state index in [1.807, 2.05) is 0 Å². The Labute approximate surface area is 105 Å². The highest BCUT2D eigenvalue weighted by atomic mass is 32.2. The Morgan fingerprint density at radius 3 is 2.61 bits per heavy atom. The fourth-order valence-corrected chi connectivity index (χ4v) is 2.92. The Balaban J connectivity index is 3.03. The first-order chi connectivity index (χ1) is 8.42. The molecule has 0 spiro atoms. The predicted octanol–water partition coefficient (Wildman–Crippen LogP) is 1.40. The third-order valence-electron chi connectivity index (χ3n) is 2.50. The van der Waals surface area contributed by atoms with Gasteiger partial charge in [0.25, 0.3) is 0 Å². The van der Waals surface area contributed by atoms with Gasteiger partial charge < -0.3 is 5.11 Å². The second-order valence-corrected chi connectivity index (χ2v) is 5.47. The maximum Gasteiger partial charge on any atom is 0.243 e. The number of aliphatic hydroxyl groups excluding tert-OH is 1. The number of sulfonamides is 1. The SMILES string of the molecule is CCC(CCO)NS(=O)(=O)c1cccc(F)c1F. The summed E-state index contributed by atoms with van der Waals surface area (Å²) in [6.07, 6.45) is 0.656. The molecule has 0 saturated heterocycles. The molecule has 7 heteroatoms. The molecule has 18 heavy (non-hydrogen) atoms. The molecule has 0 aliphatic heterocycles. The lowest BCUT2D eigenvalue weighted by molar-refractivity contribution is 0.270. The van der Waals surface area contributed by atoms with Crippen LogP contribution in [0.5, 0.6) is 0 Å². The molecule has 0 amide bonds. The Kier molecular flexibility index (Phi) is 5.18. The number of halogens is 2. The number of hydrogen-bond donors (Lipinski definition) is 2. The van der Waals surface area contributed by atoms with Crippen LogP contribution in [0.25, 0.3) is 0 Å². The molecule has 1 aromatic carbocycles. The first-order valence-corrected chi connectivity index (χ1v) is 6.98. The van der Waals surface area contributed by atoms with Crippen LogP contribution >= 0.6 is 0 Å². The maximum atomic E-state index is 13.4. The van der Waals surface area contributed by atoms with Gasteiger partial charge in [0.05, 0.1) is 0 Å². The summed E-state index contributed by atoms with van der Waals surface area (Å²) in [6, 6.07) is 2.45. The van der Waals surface area contributed by atoms with E-state index in [1.165, 1.54) is 0 Å². The van der Waals surface area contributed by atoms with E-state index in [1.54, 1.807) is 6.92 Å². The van der Waals surface area contributed by atoms with Gasteiger partial charge in [-0.25, -0.2) is 21.9 Å². The normalized spacial score (nSPS) is 13.6. The standard InChI is InChI=1S/C11H15F2NO3S/c1-2-8(6-7-15)14-18(16,17)10-5-3-4-9(12)11(10)13/h3-5,8,14-15H,2,6-7H2,1H3. The van der Waals surface area contributed by atoms with Gasteiger partial charge in [0.1, 0.15) is 4.90 Å². The average Bonchev–Trinajstić information content (AvgIpc) is 2.31. The zero-order valence-electron chi connectivity index (χ0n) is 9.86. The highest BCUT2D eigenvalue weighted by Crippen LogP contribution is 2.17. The van der Waals surface area contributed by atoms with Gasteiger partial charge in [0.2, 0.25) is 10.0 Å². The molecule has 102 valence electrons. The molecule has 1 rings (SSSR count). The van der Waals surface area contributed by atoms with Gasteiger partial charge >= 0.3 is 0 Å². The van der Waals surface area contributed by atoms with E-state index in [-0.39, 0.29) is 13.0 Å². The third-order valence-corrected chi connectivity index (χ3v) is 4.04. The highest BCUT2D eigenvalue weighted by molar-refractivity contribution is 7.89. The van der Waals surface area contributed by atoms with Gasteiger partial charge in [-0.2, -0.15) is 0 Å². The van der Waals surface area contributed by atoms with E-state index >= 15 is 0 Å². The fraction of sp³-hybridized carbons (Fsp3) is 0.455. The lowest BCUT2D eigenvalue weighted by Gasteiger charge is -2.16. The first kappa shape index (κ1) is 15.0. The Hall–Kier alpha value is -1.05. The summed E-state index contributed by atoms with van der Waals surface area (Å²) in [6.45, 7) is 1.54. The molecule has 4 nitrogen and oxygen atoms in total. The minimum atomic E-state index is -4.12. The summed E-state index contributed by atoms with van der Waals surface area (Å²) < 4.78 is 52.3. The smallest absolute Gasteiger partial charge is 0.243 e. The average molecular weight is 279 g/mol. The van der Waals surface area contributed by atoms with Crippen molar-refractivity contribution in [2.75, 3.05) is 6.61 Å². The van der Waals surface area contributed by atoms with Gasteiger partial charge in [-0.15, -0.1) is 0 Å². The lowest BCUT2D eigenvalue weighted by atomic mass is 10.2. The molecular weight excluding hydrogens is 264 g/mol. The summed E-state index contributed by atoms with van der Waals surface area (Å²) in [4.78, 5) is -0.723. The van der Waals surface area contributed by atoms with Crippen LogP contribution in [0.15, 0.2) is 23.1 Å². The summed E-state index contributed by atoms with van der Waals surface area (Å²) in [7, 11) is -4.12. The number of hydrogen-bond acceptors (Lipinski definition) is 3. The predicted molar refractivity (Wildman–Crippen MR) is 62.5 cm³/mol. The minimum absolute atomic E-state index is 0.188. The minimum Gasteiger partial charge on any atom is -0.396 e. The molecule has 0 aliphatic carbocycles. The van der Waals surface area contributed by atoms with E-state index in [0.717, 1.165) is 18.2 Å². The summed E-state index contributed by atoms with van der Waals surface area (Å²) in [5.41, 5.74) is 0. The van der Waals surface area contributed by atoms with E-state index in [4.69, 9.17) is 5.11 Å². The number of aliphatic hydroxyl groups is 1. The molecule has 0 radical (unpaired) electrons. The third kappa shape index (κ3) is 3.47. The quantitative estimate of drug-likeness (QED) is 0.827. The first-order valence-electron chi connectivity index (χ1n) is 5.49. The van der Waals surface area contributed by atoms with Crippen molar-refractivity contribution in [2.45, 2.75) is 30.7 Å². The second-order valence-electron chi connectivity index (χ2n) is 3.79. The van der Waals surface area contributed by atoms with Gasteiger partial charge in [0, 0.05) is 12.6 Å². The Morgan fingerprint density at radius 1 is 1.39 bits per heavy atom. The van der Waals surface area contributed by atoms with Crippen molar-refractivity contribution in [3.05, 3.63) is 29.8 Å². The van der Waals surface area contributed by atoms with Crippen molar-refractivity contribution in [3.8, 4) is 0 Å². The Morgan fingerprint density at radius 2 is 2.06 bits per heavy atom. The molecule has 0 aliphatic rings. The maximum absolute atomic E-state index is 13.4. The van der Waals surface area contributed by atoms with Crippen LogP contribution in [0, 0.1) is 11.6 Å². The molecule has 0 aromatic heterocycles. The van der Waals surface area contributed by atoms with Crippen molar-refractivity contribution in [2.24, 2.45) is 0 Å². The summed E-state index contributed by atoms with van der Waals surface area (Å²) >= 11 is 0. The van der Waals surface area contributed by atoms with Gasteiger partial charge in [-0.1, -0.05) is 13.0 Å². The molecule has 2 N–H and O–H groups in total. The molecule has 1 atom stereocenters. The molecule has 0 heterocycles. The Bertz CT molecular complexity index is 505. The van der Waals surface area contributed by atoms with Crippen LogP contribution in [0.1, 0.15) is 19.8 Å². The van der Waals surface area contributed by atoms with Crippen molar-refractivity contribution in [1.82, 2.24) is 4.72 Å². The topological polar surface area (TPSA) is 66.4 Å². The van der Waals surface area contributed by atoms with Gasteiger partial charge in [-0.3, -0.25) is 0 Å². The van der Waals surface area contributed by atoms with Crippen LogP contribution < -0.4 is 4.72 Å². The van der Waals surface area contributed by atoms with Crippen molar-refractivity contribution in [1.29, 1.82) is 0 Å². The highest BCUT2D eigenvalue weighted by Gasteiger charge is 2.23. The van der Waals surface area contributed by atoms with Crippen LogP contribution in [0.4, 0.5) is 8.78 Å². The molecule has 0 fully saturated rings. The summed E-state index contributed by atoms with van der Waals surface area (Å²) in [5, 5.41) is 8.76. The van der Waals surface area contributed by atoms with Crippen molar-refractivity contribution < 1.29 is 22.3 Å². The lowest BCUT2D eigenvalue weighted by Crippen LogP contribution is -2.35. The molecular formula is C11H15F2NO3S. The van der Waals surface area contributed by atoms with E-state index in [0.29, 0.717) is 6.42 Å². The molecule has 0 saturated carbocycles. The van der Waals surface area contributed by atoms with Gasteiger partial charge in [-0.05, 0) is 25.0 Å². The van der Waals surface area contributed by atoms with Crippen LogP contribution in [0.2, 0.25) is 0 Å². The van der Waals surface area contributed by atoms with E-state index in [9.17, 15) is 17.2 Å². The van der Waals surface area contributed by atoms with E-state index < -0.39 is 32.6 Å². The number of rotatable bonds is 6. The largest absolute Gasteiger partial charge is 0.396 e. The van der Waals surface area contributed by atoms with Crippen LogP contribution in [-0.2, 0) is 10.0 Å². The fourth-order valence-electron chi connectivity index (χ4n) is 1.48. The van der Waals surface area contributed by atoms with E-state index in [2.05, 4.69) is 4.72 Å². The van der Waals surface area contributed by atoms with Crippen molar-refractivity contribution in [3.63, 3.8) is 0 Å².